The van der Waals surface area contributed by atoms with E-state index >= 15 is 0 Å². The molecule has 8 nitrogen and oxygen atoms in total. The molecular formula is C21H15IN2O6S. The average molecular weight is 550 g/mol. The van der Waals surface area contributed by atoms with Crippen LogP contribution in [0.2, 0.25) is 0 Å². The first-order chi connectivity index (χ1) is 14.8. The van der Waals surface area contributed by atoms with Gasteiger partial charge in [-0.2, -0.15) is 0 Å². The molecule has 0 aromatic heterocycles. The number of imide groups is 1. The predicted molar refractivity (Wildman–Crippen MR) is 125 cm³/mol. The van der Waals surface area contributed by atoms with Gasteiger partial charge in [-0.3, -0.25) is 24.6 Å². The minimum Gasteiger partial charge on any atom is -0.493 e. The molecule has 0 spiro atoms. The van der Waals surface area contributed by atoms with Crippen molar-refractivity contribution < 1.29 is 24.0 Å². The Kier molecular flexibility index (Phi) is 7.19. The van der Waals surface area contributed by atoms with Gasteiger partial charge in [0.1, 0.15) is 6.61 Å². The lowest BCUT2D eigenvalue weighted by atomic mass is 10.1. The third-order valence-corrected chi connectivity index (χ3v) is 5.92. The van der Waals surface area contributed by atoms with E-state index in [4.69, 9.17) is 15.9 Å². The highest BCUT2D eigenvalue weighted by Crippen LogP contribution is 2.37. The van der Waals surface area contributed by atoms with Crippen LogP contribution in [0.25, 0.3) is 6.08 Å². The van der Waals surface area contributed by atoms with Crippen LogP contribution in [-0.2, 0) is 11.3 Å². The highest BCUT2D eigenvalue weighted by atomic mass is 127. The van der Waals surface area contributed by atoms with Crippen molar-refractivity contribution in [2.45, 2.75) is 6.54 Å². The van der Waals surface area contributed by atoms with Crippen LogP contribution in [0.15, 0.2) is 41.3 Å². The molecule has 2 aromatic carbocycles. The van der Waals surface area contributed by atoms with Crippen molar-refractivity contribution >= 4 is 57.3 Å². The number of amides is 2. The summed E-state index contributed by atoms with van der Waals surface area (Å²) in [5, 5.41) is 10.4. The maximum Gasteiger partial charge on any atom is 0.293 e. The van der Waals surface area contributed by atoms with E-state index in [0.717, 1.165) is 20.2 Å². The Balaban J connectivity index is 1.82. The van der Waals surface area contributed by atoms with E-state index in [2.05, 4.69) is 28.5 Å². The molecule has 0 aliphatic carbocycles. The Hall–Kier alpha value is -3.04. The second-order valence-electron chi connectivity index (χ2n) is 6.22. The first-order valence-electron chi connectivity index (χ1n) is 8.76. The van der Waals surface area contributed by atoms with Gasteiger partial charge >= 0.3 is 0 Å². The Morgan fingerprint density at radius 3 is 2.61 bits per heavy atom. The first kappa shape index (κ1) is 22.6. The van der Waals surface area contributed by atoms with Gasteiger partial charge in [-0.25, -0.2) is 0 Å². The fourth-order valence-electron chi connectivity index (χ4n) is 2.77. The summed E-state index contributed by atoms with van der Waals surface area (Å²) < 4.78 is 11.6. The van der Waals surface area contributed by atoms with E-state index < -0.39 is 16.1 Å². The first-order valence-corrected chi connectivity index (χ1v) is 10.7. The SMILES string of the molecule is C#CCOc1c(I)cc(C=C2SC(=O)N(Cc3ccc([N+](=O)[O-])cc3)C2=O)cc1OC. The number of nitro benzene ring substituents is 1. The number of terminal acetylenes is 1. The number of rotatable bonds is 7. The van der Waals surface area contributed by atoms with E-state index in [-0.39, 0.29) is 23.7 Å². The minimum absolute atomic E-state index is 0.0275. The van der Waals surface area contributed by atoms with Gasteiger partial charge < -0.3 is 9.47 Å². The number of ether oxygens (including phenoxy) is 2. The van der Waals surface area contributed by atoms with Crippen LogP contribution in [0.4, 0.5) is 10.5 Å². The Labute approximate surface area is 195 Å². The molecule has 2 amide bonds. The van der Waals surface area contributed by atoms with Crippen molar-refractivity contribution in [1.29, 1.82) is 0 Å². The molecule has 0 N–H and O–H groups in total. The number of thioether (sulfide) groups is 1. The van der Waals surface area contributed by atoms with Crippen molar-refractivity contribution in [3.63, 3.8) is 0 Å². The quantitative estimate of drug-likeness (QED) is 0.165. The Morgan fingerprint density at radius 2 is 2.00 bits per heavy atom. The fourth-order valence-corrected chi connectivity index (χ4v) is 4.39. The molecule has 10 heteroatoms. The Morgan fingerprint density at radius 1 is 1.29 bits per heavy atom. The number of hydrogen-bond acceptors (Lipinski definition) is 7. The summed E-state index contributed by atoms with van der Waals surface area (Å²) in [5.74, 6) is 2.92. The number of nitrogens with zero attached hydrogens (tertiary/aromatic N) is 2. The molecule has 158 valence electrons. The molecule has 0 saturated carbocycles. The smallest absolute Gasteiger partial charge is 0.293 e. The van der Waals surface area contributed by atoms with Gasteiger partial charge in [-0.05, 0) is 63.7 Å². The van der Waals surface area contributed by atoms with Gasteiger partial charge in [0.2, 0.25) is 0 Å². The molecule has 1 fully saturated rings. The second kappa shape index (κ2) is 9.84. The zero-order chi connectivity index (χ0) is 22.5. The zero-order valence-electron chi connectivity index (χ0n) is 16.2. The van der Waals surface area contributed by atoms with Crippen molar-refractivity contribution in [3.8, 4) is 23.8 Å². The molecule has 1 heterocycles. The van der Waals surface area contributed by atoms with E-state index in [1.54, 1.807) is 18.2 Å². The van der Waals surface area contributed by atoms with Crippen LogP contribution in [-0.4, -0.2) is 34.7 Å². The number of methoxy groups -OCH3 is 1. The molecule has 1 saturated heterocycles. The van der Waals surface area contributed by atoms with Crippen LogP contribution >= 0.6 is 34.4 Å². The van der Waals surface area contributed by atoms with Gasteiger partial charge in [0.25, 0.3) is 16.8 Å². The van der Waals surface area contributed by atoms with E-state index in [1.165, 1.54) is 31.4 Å². The summed E-state index contributed by atoms with van der Waals surface area (Å²) in [6, 6.07) is 9.20. The number of hydrogen-bond donors (Lipinski definition) is 0. The zero-order valence-corrected chi connectivity index (χ0v) is 19.1. The lowest BCUT2D eigenvalue weighted by Gasteiger charge is -2.13. The summed E-state index contributed by atoms with van der Waals surface area (Å²) in [7, 11) is 1.50. The maximum atomic E-state index is 12.8. The lowest BCUT2D eigenvalue weighted by molar-refractivity contribution is -0.384. The van der Waals surface area contributed by atoms with Crippen LogP contribution in [0.1, 0.15) is 11.1 Å². The van der Waals surface area contributed by atoms with Crippen molar-refractivity contribution in [2.75, 3.05) is 13.7 Å². The van der Waals surface area contributed by atoms with E-state index in [9.17, 15) is 19.7 Å². The second-order valence-corrected chi connectivity index (χ2v) is 8.37. The van der Waals surface area contributed by atoms with E-state index in [1.807, 2.05) is 0 Å². The summed E-state index contributed by atoms with van der Waals surface area (Å²) in [4.78, 5) is 36.8. The van der Waals surface area contributed by atoms with E-state index in [0.29, 0.717) is 22.6 Å². The number of halogens is 1. The van der Waals surface area contributed by atoms with Crippen LogP contribution in [0.5, 0.6) is 11.5 Å². The van der Waals surface area contributed by atoms with Gasteiger partial charge in [0.05, 0.1) is 27.1 Å². The normalized spacial score (nSPS) is 14.6. The third-order valence-electron chi connectivity index (χ3n) is 4.21. The molecule has 2 aromatic rings. The minimum atomic E-state index is -0.509. The summed E-state index contributed by atoms with van der Waals surface area (Å²) >= 11 is 2.91. The van der Waals surface area contributed by atoms with Gasteiger partial charge in [0, 0.05) is 12.1 Å². The molecule has 1 aliphatic heterocycles. The van der Waals surface area contributed by atoms with Crippen LogP contribution < -0.4 is 9.47 Å². The molecular weight excluding hydrogens is 535 g/mol. The molecule has 0 radical (unpaired) electrons. The fraction of sp³-hybridized carbons (Fsp3) is 0.143. The standard InChI is InChI=1S/C21H15IN2O6S/c1-3-8-30-19-16(22)9-14(10-17(19)29-2)11-18-20(25)23(21(26)31-18)12-13-4-6-15(7-5-13)24(27)28/h1,4-7,9-11H,8,12H2,2H3. The molecule has 0 unspecified atom stereocenters. The van der Waals surface area contributed by atoms with Crippen LogP contribution in [0.3, 0.4) is 0 Å². The number of carbonyl (C=O) groups is 2. The largest absolute Gasteiger partial charge is 0.493 e. The topological polar surface area (TPSA) is 99.0 Å². The van der Waals surface area contributed by atoms with Crippen molar-refractivity contribution in [2.24, 2.45) is 0 Å². The monoisotopic (exact) mass is 550 g/mol. The van der Waals surface area contributed by atoms with Crippen molar-refractivity contribution in [1.82, 2.24) is 4.90 Å². The van der Waals surface area contributed by atoms with Crippen molar-refractivity contribution in [3.05, 3.63) is 66.1 Å². The molecule has 1 aliphatic rings. The maximum absolute atomic E-state index is 12.8. The number of benzene rings is 2. The number of nitro groups is 1. The van der Waals surface area contributed by atoms with Gasteiger partial charge in [0.15, 0.2) is 11.5 Å². The summed E-state index contributed by atoms with van der Waals surface area (Å²) in [6.07, 6.45) is 6.85. The molecule has 31 heavy (non-hydrogen) atoms. The molecule has 0 bridgehead atoms. The van der Waals surface area contributed by atoms with Crippen LogP contribution in [0, 0.1) is 26.0 Å². The summed E-state index contributed by atoms with van der Waals surface area (Å²) in [6.45, 7) is 0.118. The molecule has 3 rings (SSSR count). The third kappa shape index (κ3) is 5.18. The average Bonchev–Trinajstić information content (AvgIpc) is 3.00. The molecule has 0 atom stereocenters. The summed E-state index contributed by atoms with van der Waals surface area (Å²) in [5.41, 5.74) is 1.21. The predicted octanol–water partition coefficient (Wildman–Crippen LogP) is 4.46. The lowest BCUT2D eigenvalue weighted by Crippen LogP contribution is -2.27. The number of carbonyl (C=O) groups excluding carboxylic acids is 2. The Bertz CT molecular complexity index is 1120. The number of non-ortho nitro benzene ring substituents is 1. The van der Waals surface area contributed by atoms with Gasteiger partial charge in [-0.15, -0.1) is 6.42 Å². The highest BCUT2D eigenvalue weighted by Gasteiger charge is 2.35. The van der Waals surface area contributed by atoms with Gasteiger partial charge in [-0.1, -0.05) is 18.1 Å². The highest BCUT2D eigenvalue weighted by molar-refractivity contribution is 14.1.